The Labute approximate surface area is 234 Å². The summed E-state index contributed by atoms with van der Waals surface area (Å²) >= 11 is 1.54. The third kappa shape index (κ3) is 3.14. The molecule has 0 fully saturated rings. The molecule has 6 heteroatoms. The van der Waals surface area contributed by atoms with Crippen LogP contribution in [-0.2, 0) is 12.8 Å². The summed E-state index contributed by atoms with van der Waals surface area (Å²) in [5.41, 5.74) is 8.91. The van der Waals surface area contributed by atoms with E-state index in [1.54, 1.807) is 0 Å². The molecule has 0 N–H and O–H groups in total. The van der Waals surface area contributed by atoms with E-state index in [4.69, 9.17) is 13.8 Å². The first-order chi connectivity index (χ1) is 19.8. The molecule has 0 unspecified atom stereocenters. The van der Waals surface area contributed by atoms with Crippen molar-refractivity contribution in [1.29, 1.82) is 0 Å². The molecule has 1 aliphatic heterocycles. The van der Waals surface area contributed by atoms with E-state index in [0.717, 1.165) is 64.1 Å². The lowest BCUT2D eigenvalue weighted by molar-refractivity contribution is 0.669. The Morgan fingerprint density at radius 1 is 0.700 bits per heavy atom. The highest BCUT2D eigenvalue weighted by molar-refractivity contribution is 7.03. The Kier molecular flexibility index (Phi) is 4.66. The number of furan rings is 1. The van der Waals surface area contributed by atoms with Crippen LogP contribution in [0.5, 0.6) is 0 Å². The lowest BCUT2D eigenvalue weighted by Crippen LogP contribution is -2.08. The fourth-order valence-corrected chi connectivity index (χ4v) is 7.18. The largest absolute Gasteiger partial charge is 0.456 e. The third-order valence-electron chi connectivity index (χ3n) is 8.35. The van der Waals surface area contributed by atoms with Crippen molar-refractivity contribution in [2.24, 2.45) is 0 Å². The SMILES string of the molecule is c1ccc2c(c1)c1ccccc1n2-c1ccc2oc3ccc(-c4ncc5n4-c4nscc4CCCC5)cc3c2c1. The van der Waals surface area contributed by atoms with Gasteiger partial charge in [-0.15, -0.1) is 0 Å². The maximum Gasteiger partial charge on any atom is 0.155 e. The van der Waals surface area contributed by atoms with Crippen LogP contribution in [0.25, 0.3) is 66.6 Å². The van der Waals surface area contributed by atoms with E-state index >= 15 is 0 Å². The third-order valence-corrected chi connectivity index (χ3v) is 9.01. The number of hydrogen-bond acceptors (Lipinski definition) is 4. The van der Waals surface area contributed by atoms with Gasteiger partial charge in [-0.25, -0.2) is 4.98 Å². The zero-order valence-corrected chi connectivity index (χ0v) is 22.5. The molecule has 0 bridgehead atoms. The summed E-state index contributed by atoms with van der Waals surface area (Å²) in [5, 5.41) is 6.91. The molecule has 0 amide bonds. The first-order valence-corrected chi connectivity index (χ1v) is 14.6. The van der Waals surface area contributed by atoms with Gasteiger partial charge in [0, 0.05) is 55.6 Å². The number of fused-ring (bicyclic) bond motifs is 9. The van der Waals surface area contributed by atoms with Gasteiger partial charge >= 0.3 is 0 Å². The molecule has 0 saturated heterocycles. The number of para-hydroxylation sites is 2. The molecule has 0 aliphatic carbocycles. The van der Waals surface area contributed by atoms with Crippen LogP contribution >= 0.6 is 11.5 Å². The molecule has 9 rings (SSSR count). The number of imidazole rings is 1. The number of rotatable bonds is 2. The molecule has 192 valence electrons. The van der Waals surface area contributed by atoms with Crippen molar-refractivity contribution in [2.45, 2.75) is 25.7 Å². The van der Waals surface area contributed by atoms with E-state index in [9.17, 15) is 0 Å². The number of nitrogens with zero attached hydrogens (tertiary/aromatic N) is 4. The molecule has 40 heavy (non-hydrogen) atoms. The topological polar surface area (TPSA) is 48.8 Å². The molecule has 8 aromatic rings. The summed E-state index contributed by atoms with van der Waals surface area (Å²) < 4.78 is 15.7. The molecule has 0 spiro atoms. The molecule has 0 saturated carbocycles. The van der Waals surface area contributed by atoms with E-state index in [0.29, 0.717) is 0 Å². The normalized spacial score (nSPS) is 13.6. The standard InChI is InChI=1S/C34H24N4OS/c1-2-8-24-19-35-33(38(24)34-22(7-1)20-40-36-34)21-13-15-31-27(17-21)28-18-23(14-16-32(28)39-31)37-29-11-5-3-9-25(29)26-10-4-6-12-30(26)37/h3-6,9-20H,1-2,7-8H2. The number of aromatic nitrogens is 4. The van der Waals surface area contributed by atoms with Crippen molar-refractivity contribution in [3.63, 3.8) is 0 Å². The molecule has 5 nitrogen and oxygen atoms in total. The fourth-order valence-electron chi connectivity index (χ4n) is 6.48. The van der Waals surface area contributed by atoms with E-state index in [-0.39, 0.29) is 0 Å². The highest BCUT2D eigenvalue weighted by atomic mass is 32.1. The fraction of sp³-hybridized carbons (Fsp3) is 0.118. The Balaban J connectivity index is 1.26. The van der Waals surface area contributed by atoms with Crippen LogP contribution in [0.2, 0.25) is 0 Å². The highest BCUT2D eigenvalue weighted by Gasteiger charge is 2.21. The van der Waals surface area contributed by atoms with Crippen LogP contribution in [0.3, 0.4) is 0 Å². The van der Waals surface area contributed by atoms with Gasteiger partial charge < -0.3 is 8.98 Å². The van der Waals surface area contributed by atoms with Gasteiger partial charge in [-0.2, -0.15) is 4.37 Å². The van der Waals surface area contributed by atoms with Crippen molar-refractivity contribution in [3.8, 4) is 22.9 Å². The highest BCUT2D eigenvalue weighted by Crippen LogP contribution is 2.37. The predicted molar refractivity (Wildman–Crippen MR) is 163 cm³/mol. The van der Waals surface area contributed by atoms with Crippen LogP contribution in [-0.4, -0.2) is 18.5 Å². The molecule has 0 atom stereocenters. The second kappa shape index (κ2) is 8.41. The second-order valence-electron chi connectivity index (χ2n) is 10.6. The van der Waals surface area contributed by atoms with Crippen LogP contribution in [0, 0.1) is 0 Å². The van der Waals surface area contributed by atoms with Gasteiger partial charge in [-0.1, -0.05) is 36.4 Å². The quantitative estimate of drug-likeness (QED) is 0.222. The van der Waals surface area contributed by atoms with Crippen LogP contribution in [0.4, 0.5) is 0 Å². The van der Waals surface area contributed by atoms with Gasteiger partial charge in [0.05, 0.1) is 11.0 Å². The molecule has 0 radical (unpaired) electrons. The summed E-state index contributed by atoms with van der Waals surface area (Å²) in [6, 6.07) is 30.2. The second-order valence-corrected chi connectivity index (χ2v) is 11.3. The Morgan fingerprint density at radius 2 is 1.43 bits per heavy atom. The minimum Gasteiger partial charge on any atom is -0.456 e. The van der Waals surface area contributed by atoms with Gasteiger partial charge in [-0.3, -0.25) is 4.57 Å². The summed E-state index contributed by atoms with van der Waals surface area (Å²) in [6.45, 7) is 0. The minimum absolute atomic E-state index is 0.881. The minimum atomic E-state index is 0.881. The number of hydrogen-bond donors (Lipinski definition) is 0. The van der Waals surface area contributed by atoms with Gasteiger partial charge in [0.2, 0.25) is 0 Å². The van der Waals surface area contributed by atoms with E-state index in [1.165, 1.54) is 51.0 Å². The van der Waals surface area contributed by atoms with Gasteiger partial charge in [0.1, 0.15) is 17.0 Å². The lowest BCUT2D eigenvalue weighted by Gasteiger charge is -2.14. The Hall–Kier alpha value is -4.68. The lowest BCUT2D eigenvalue weighted by atomic mass is 10.1. The first-order valence-electron chi connectivity index (χ1n) is 13.8. The molecule has 4 aromatic heterocycles. The maximum atomic E-state index is 6.32. The van der Waals surface area contributed by atoms with Crippen molar-refractivity contribution >= 4 is 55.3 Å². The van der Waals surface area contributed by atoms with Crippen LogP contribution in [0.15, 0.2) is 101 Å². The van der Waals surface area contributed by atoms with Gasteiger partial charge in [-0.05, 0) is 85.7 Å². The van der Waals surface area contributed by atoms with Crippen LogP contribution in [0.1, 0.15) is 24.1 Å². The Bertz CT molecular complexity index is 2190. The molecular weight excluding hydrogens is 512 g/mol. The average molecular weight is 537 g/mol. The molecule has 5 heterocycles. The molecule has 4 aromatic carbocycles. The summed E-state index contributed by atoms with van der Waals surface area (Å²) in [4.78, 5) is 4.92. The van der Waals surface area contributed by atoms with Crippen molar-refractivity contribution in [1.82, 2.24) is 18.5 Å². The van der Waals surface area contributed by atoms with E-state index in [1.807, 2.05) is 6.20 Å². The average Bonchev–Trinajstić information content (AvgIpc) is 3.76. The van der Waals surface area contributed by atoms with Gasteiger partial charge in [0.25, 0.3) is 0 Å². The molecule has 1 aliphatic rings. The number of aryl methyl sites for hydroxylation is 2. The Morgan fingerprint density at radius 3 is 2.25 bits per heavy atom. The van der Waals surface area contributed by atoms with Crippen molar-refractivity contribution in [3.05, 3.63) is 108 Å². The first kappa shape index (κ1) is 22.2. The maximum absolute atomic E-state index is 6.32. The van der Waals surface area contributed by atoms with Gasteiger partial charge in [0.15, 0.2) is 5.82 Å². The van der Waals surface area contributed by atoms with Crippen molar-refractivity contribution in [2.75, 3.05) is 0 Å². The van der Waals surface area contributed by atoms with E-state index < -0.39 is 0 Å². The van der Waals surface area contributed by atoms with Crippen LogP contribution < -0.4 is 0 Å². The van der Waals surface area contributed by atoms with Crippen molar-refractivity contribution < 1.29 is 4.42 Å². The molecular formula is C34H24N4OS. The zero-order chi connectivity index (χ0) is 26.2. The predicted octanol–water partition coefficient (Wildman–Crippen LogP) is 8.87. The zero-order valence-electron chi connectivity index (χ0n) is 21.7. The van der Waals surface area contributed by atoms with E-state index in [2.05, 4.69) is 99.4 Å². The smallest absolute Gasteiger partial charge is 0.155 e. The summed E-state index contributed by atoms with van der Waals surface area (Å²) in [7, 11) is 0. The summed E-state index contributed by atoms with van der Waals surface area (Å²) in [6.07, 6.45) is 6.47. The monoisotopic (exact) mass is 536 g/mol. The summed E-state index contributed by atoms with van der Waals surface area (Å²) in [5.74, 6) is 1.98. The number of benzene rings is 4.